The Bertz CT molecular complexity index is 275. The minimum Gasteiger partial charge on any atom is -0.384 e. The van der Waals surface area contributed by atoms with Crippen LogP contribution in [0.15, 0.2) is 5.11 Å². The molecule has 6 heteroatoms. The molecule has 15 heavy (non-hydrogen) atoms. The molecule has 1 rings (SSSR count). The summed E-state index contributed by atoms with van der Waals surface area (Å²) >= 11 is 0. The molecule has 1 fully saturated rings. The van der Waals surface area contributed by atoms with Crippen LogP contribution in [0.25, 0.3) is 10.4 Å². The van der Waals surface area contributed by atoms with Gasteiger partial charge in [-0.3, -0.25) is 4.79 Å². The molecule has 0 aliphatic carbocycles. The average molecular weight is 212 g/mol. The van der Waals surface area contributed by atoms with Crippen molar-refractivity contribution >= 4 is 5.91 Å². The van der Waals surface area contributed by atoms with Gasteiger partial charge in [-0.05, 0) is 11.4 Å². The van der Waals surface area contributed by atoms with E-state index in [4.69, 9.17) is 10.3 Å². The molecule has 1 amide bonds. The maximum Gasteiger partial charge on any atom is 0.228 e. The van der Waals surface area contributed by atoms with Crippen LogP contribution in [0.3, 0.4) is 0 Å². The molecule has 84 valence electrons. The zero-order valence-electron chi connectivity index (χ0n) is 9.09. The van der Waals surface area contributed by atoms with Gasteiger partial charge in [-0.2, -0.15) is 0 Å². The van der Waals surface area contributed by atoms with Crippen molar-refractivity contribution in [1.29, 1.82) is 0 Å². The molecule has 0 N–H and O–H groups in total. The van der Waals surface area contributed by atoms with Crippen molar-refractivity contribution in [2.75, 3.05) is 33.4 Å². The Kier molecular flexibility index (Phi) is 4.39. The van der Waals surface area contributed by atoms with Gasteiger partial charge in [-0.1, -0.05) is 12.0 Å². The topological polar surface area (TPSA) is 78.3 Å². The first-order valence-electron chi connectivity index (χ1n) is 4.96. The van der Waals surface area contributed by atoms with Gasteiger partial charge in [-0.25, -0.2) is 0 Å². The van der Waals surface area contributed by atoms with Crippen LogP contribution < -0.4 is 0 Å². The predicted octanol–water partition coefficient (Wildman–Crippen LogP) is 1.04. The lowest BCUT2D eigenvalue weighted by molar-refractivity contribution is -0.128. The van der Waals surface area contributed by atoms with Crippen molar-refractivity contribution in [2.24, 2.45) is 17.0 Å². The second-order valence-corrected chi connectivity index (χ2v) is 3.88. The van der Waals surface area contributed by atoms with Crippen molar-refractivity contribution in [3.63, 3.8) is 0 Å². The van der Waals surface area contributed by atoms with E-state index in [1.165, 1.54) is 0 Å². The molecule has 0 aromatic carbocycles. The molecule has 0 aromatic rings. The maximum atomic E-state index is 11.5. The molecule has 0 saturated carbocycles. The number of carbonyl (C=O) groups is 1. The van der Waals surface area contributed by atoms with Gasteiger partial charge < -0.3 is 9.64 Å². The summed E-state index contributed by atoms with van der Waals surface area (Å²) in [6.07, 6.45) is 0. The molecule has 1 aliphatic heterocycles. The van der Waals surface area contributed by atoms with Crippen molar-refractivity contribution in [1.82, 2.24) is 4.90 Å². The van der Waals surface area contributed by atoms with E-state index in [0.29, 0.717) is 25.0 Å². The molecule has 0 bridgehead atoms. The number of nitrogens with zero attached hydrogens (tertiary/aromatic N) is 4. The van der Waals surface area contributed by atoms with Crippen molar-refractivity contribution in [2.45, 2.75) is 6.92 Å². The Labute approximate surface area is 88.8 Å². The van der Waals surface area contributed by atoms with Crippen molar-refractivity contribution in [3.8, 4) is 0 Å². The van der Waals surface area contributed by atoms with Crippen LogP contribution in [-0.4, -0.2) is 44.2 Å². The van der Waals surface area contributed by atoms with E-state index in [1.807, 2.05) is 0 Å². The summed E-state index contributed by atoms with van der Waals surface area (Å²) in [5, 5.41) is 3.27. The molecule has 0 unspecified atom stereocenters. The van der Waals surface area contributed by atoms with Crippen LogP contribution in [0.4, 0.5) is 0 Å². The normalized spacial score (nSPS) is 25.1. The van der Waals surface area contributed by atoms with Crippen LogP contribution in [0.5, 0.6) is 0 Å². The third kappa shape index (κ3) is 3.11. The average Bonchev–Trinajstić information content (AvgIpc) is 2.58. The SMILES string of the molecule is COC[C@@H]1CN(C(=O)CN=[N+]=[N-])C[C@@H]1C. The lowest BCUT2D eigenvalue weighted by Crippen LogP contribution is -2.31. The number of hydrogen-bond acceptors (Lipinski definition) is 3. The van der Waals surface area contributed by atoms with Gasteiger partial charge in [0, 0.05) is 31.0 Å². The third-order valence-corrected chi connectivity index (χ3v) is 2.77. The third-order valence-electron chi connectivity index (χ3n) is 2.77. The Balaban J connectivity index is 2.46. The molecule has 1 saturated heterocycles. The zero-order valence-corrected chi connectivity index (χ0v) is 9.09. The molecule has 2 atom stereocenters. The highest BCUT2D eigenvalue weighted by molar-refractivity contribution is 5.78. The van der Waals surface area contributed by atoms with Crippen LogP contribution >= 0.6 is 0 Å². The van der Waals surface area contributed by atoms with Gasteiger partial charge in [0.1, 0.15) is 6.54 Å². The highest BCUT2D eigenvalue weighted by Gasteiger charge is 2.31. The molecular weight excluding hydrogens is 196 g/mol. The zero-order chi connectivity index (χ0) is 11.3. The van der Waals surface area contributed by atoms with Gasteiger partial charge in [0.05, 0.1) is 6.61 Å². The second kappa shape index (κ2) is 5.58. The first-order valence-corrected chi connectivity index (χ1v) is 4.96. The summed E-state index contributed by atoms with van der Waals surface area (Å²) in [6, 6.07) is 0. The van der Waals surface area contributed by atoms with Crippen molar-refractivity contribution < 1.29 is 9.53 Å². The number of likely N-dealkylation sites (tertiary alicyclic amines) is 1. The molecular formula is C9H16N4O2. The largest absolute Gasteiger partial charge is 0.384 e. The predicted molar refractivity (Wildman–Crippen MR) is 55.1 cm³/mol. The fraction of sp³-hybridized carbons (Fsp3) is 0.889. The van der Waals surface area contributed by atoms with E-state index in [9.17, 15) is 4.79 Å². The van der Waals surface area contributed by atoms with Gasteiger partial charge in [-0.15, -0.1) is 0 Å². The lowest BCUT2D eigenvalue weighted by Gasteiger charge is -2.14. The second-order valence-electron chi connectivity index (χ2n) is 3.88. The number of carbonyl (C=O) groups excluding carboxylic acids is 1. The molecule has 6 nitrogen and oxygen atoms in total. The van der Waals surface area contributed by atoms with Gasteiger partial charge in [0.25, 0.3) is 0 Å². The van der Waals surface area contributed by atoms with Crippen molar-refractivity contribution in [3.05, 3.63) is 10.4 Å². The fourth-order valence-electron chi connectivity index (χ4n) is 1.86. The summed E-state index contributed by atoms with van der Waals surface area (Å²) in [7, 11) is 1.66. The van der Waals surface area contributed by atoms with Crippen LogP contribution in [-0.2, 0) is 9.53 Å². The standard InChI is InChI=1S/C9H16N4O2/c1-7-4-13(5-8(7)6-15-2)9(14)3-11-12-10/h7-8H,3-6H2,1-2H3/t7-,8-/m0/s1. The Morgan fingerprint density at radius 1 is 1.67 bits per heavy atom. The monoisotopic (exact) mass is 212 g/mol. The van der Waals surface area contributed by atoms with E-state index in [-0.39, 0.29) is 12.5 Å². The summed E-state index contributed by atoms with van der Waals surface area (Å²) in [5.74, 6) is 0.739. The Morgan fingerprint density at radius 3 is 3.00 bits per heavy atom. The highest BCUT2D eigenvalue weighted by atomic mass is 16.5. The molecule has 1 aliphatic rings. The number of azide groups is 1. The van der Waals surface area contributed by atoms with E-state index in [0.717, 1.165) is 6.54 Å². The Hall–Kier alpha value is -1.26. The van der Waals surface area contributed by atoms with Gasteiger partial charge >= 0.3 is 0 Å². The summed E-state index contributed by atoms with van der Waals surface area (Å²) in [6.45, 7) is 4.13. The summed E-state index contributed by atoms with van der Waals surface area (Å²) < 4.78 is 5.09. The van der Waals surface area contributed by atoms with Gasteiger partial charge in [0.15, 0.2) is 0 Å². The number of methoxy groups -OCH3 is 1. The van der Waals surface area contributed by atoms with E-state index in [2.05, 4.69) is 16.9 Å². The number of amides is 1. The van der Waals surface area contributed by atoms with Crippen LogP contribution in [0.1, 0.15) is 6.92 Å². The first-order chi connectivity index (χ1) is 7.19. The highest BCUT2D eigenvalue weighted by Crippen LogP contribution is 2.22. The number of rotatable bonds is 4. The summed E-state index contributed by atoms with van der Waals surface area (Å²) in [4.78, 5) is 15.8. The quantitative estimate of drug-likeness (QED) is 0.396. The summed E-state index contributed by atoms with van der Waals surface area (Å²) in [5.41, 5.74) is 8.11. The minimum absolute atomic E-state index is 0.0804. The van der Waals surface area contributed by atoms with Crippen LogP contribution in [0, 0.1) is 11.8 Å². The smallest absolute Gasteiger partial charge is 0.228 e. The molecule has 0 aromatic heterocycles. The first kappa shape index (κ1) is 11.8. The van der Waals surface area contributed by atoms with Crippen LogP contribution in [0.2, 0.25) is 0 Å². The lowest BCUT2D eigenvalue weighted by atomic mass is 10.00. The Morgan fingerprint density at radius 2 is 2.40 bits per heavy atom. The molecule has 0 radical (unpaired) electrons. The number of hydrogen-bond donors (Lipinski definition) is 0. The van der Waals surface area contributed by atoms with E-state index >= 15 is 0 Å². The molecule has 0 spiro atoms. The molecule has 1 heterocycles. The minimum atomic E-state index is -0.0988. The fourth-order valence-corrected chi connectivity index (χ4v) is 1.86. The van der Waals surface area contributed by atoms with Gasteiger partial charge in [0.2, 0.25) is 5.91 Å². The maximum absolute atomic E-state index is 11.5. The van der Waals surface area contributed by atoms with E-state index in [1.54, 1.807) is 12.0 Å². The van der Waals surface area contributed by atoms with E-state index < -0.39 is 0 Å². The number of ether oxygens (including phenoxy) is 1.